The van der Waals surface area contributed by atoms with Crippen molar-refractivity contribution >= 4 is 28.2 Å². The topological polar surface area (TPSA) is 80.2 Å². The van der Waals surface area contributed by atoms with E-state index in [0.717, 1.165) is 18.4 Å². The monoisotopic (exact) mass is 389 g/mol. The van der Waals surface area contributed by atoms with Crippen molar-refractivity contribution in [1.82, 2.24) is 9.88 Å². The van der Waals surface area contributed by atoms with Gasteiger partial charge in [0.2, 0.25) is 11.5 Å². The third-order valence-electron chi connectivity index (χ3n) is 4.05. The highest BCUT2D eigenvalue weighted by molar-refractivity contribution is 7.18. The Hall–Kier alpha value is -2.41. The van der Waals surface area contributed by atoms with Gasteiger partial charge in [0.25, 0.3) is 5.91 Å². The van der Waals surface area contributed by atoms with Crippen LogP contribution in [0.3, 0.4) is 0 Å². The number of pyridine rings is 1. The van der Waals surface area contributed by atoms with Crippen molar-refractivity contribution in [3.63, 3.8) is 0 Å². The fraction of sp³-hybridized carbons (Fsp3) is 0.450. The molecule has 0 aromatic carbocycles. The zero-order valence-electron chi connectivity index (χ0n) is 16.3. The van der Waals surface area contributed by atoms with Gasteiger partial charge in [-0.3, -0.25) is 14.4 Å². The molecular weight excluding hydrogens is 362 g/mol. The number of carbonyl (C=O) groups excluding carboxylic acids is 2. The van der Waals surface area contributed by atoms with Crippen LogP contribution in [-0.4, -0.2) is 22.9 Å². The van der Waals surface area contributed by atoms with Gasteiger partial charge < -0.3 is 15.2 Å². The first-order valence-corrected chi connectivity index (χ1v) is 9.85. The second-order valence-electron chi connectivity index (χ2n) is 7.52. The molecule has 2 rings (SSSR count). The molecule has 146 valence electrons. The summed E-state index contributed by atoms with van der Waals surface area (Å²) in [7, 11) is 0. The first-order chi connectivity index (χ1) is 12.7. The van der Waals surface area contributed by atoms with Crippen LogP contribution in [-0.2, 0) is 11.3 Å². The van der Waals surface area contributed by atoms with E-state index in [1.165, 1.54) is 17.4 Å². The van der Waals surface area contributed by atoms with Crippen molar-refractivity contribution in [1.29, 1.82) is 0 Å². The molecule has 0 unspecified atom stereocenters. The molecule has 0 saturated heterocycles. The number of amides is 2. The third-order valence-corrected chi connectivity index (χ3v) is 5.20. The van der Waals surface area contributed by atoms with Crippen molar-refractivity contribution in [3.8, 4) is 0 Å². The summed E-state index contributed by atoms with van der Waals surface area (Å²) in [5.74, 6) is -0.211. The quantitative estimate of drug-likeness (QED) is 0.712. The first kappa shape index (κ1) is 20.9. The summed E-state index contributed by atoms with van der Waals surface area (Å²) in [6.07, 6.45) is 3.36. The molecular formula is C20H27N3O3S. The SMILES string of the molecule is Cc1cc(NC(=O)C(C)(C)C)sc1C(=O)NCCCCn1ccccc1=O. The molecule has 0 saturated carbocycles. The number of carbonyl (C=O) groups is 2. The van der Waals surface area contributed by atoms with Crippen LogP contribution in [0.1, 0.15) is 48.8 Å². The van der Waals surface area contributed by atoms with E-state index < -0.39 is 5.41 Å². The van der Waals surface area contributed by atoms with Crippen LogP contribution in [0.2, 0.25) is 0 Å². The number of hydrogen-bond acceptors (Lipinski definition) is 4. The second-order valence-corrected chi connectivity index (χ2v) is 8.57. The number of hydrogen-bond donors (Lipinski definition) is 2. The Balaban J connectivity index is 1.81. The van der Waals surface area contributed by atoms with Crippen LogP contribution in [0, 0.1) is 12.3 Å². The Kier molecular flexibility index (Phi) is 6.96. The summed E-state index contributed by atoms with van der Waals surface area (Å²) in [5, 5.41) is 6.46. The zero-order valence-corrected chi connectivity index (χ0v) is 17.1. The fourth-order valence-electron chi connectivity index (χ4n) is 2.40. The van der Waals surface area contributed by atoms with Gasteiger partial charge in [0.15, 0.2) is 0 Å². The highest BCUT2D eigenvalue weighted by Gasteiger charge is 2.22. The van der Waals surface area contributed by atoms with E-state index in [1.54, 1.807) is 16.8 Å². The average Bonchev–Trinajstić information content (AvgIpc) is 2.95. The molecule has 27 heavy (non-hydrogen) atoms. The van der Waals surface area contributed by atoms with E-state index in [1.807, 2.05) is 39.8 Å². The summed E-state index contributed by atoms with van der Waals surface area (Å²) in [4.78, 5) is 36.7. The molecule has 0 atom stereocenters. The molecule has 0 bridgehead atoms. The van der Waals surface area contributed by atoms with Crippen molar-refractivity contribution < 1.29 is 9.59 Å². The van der Waals surface area contributed by atoms with E-state index in [0.29, 0.717) is 23.0 Å². The van der Waals surface area contributed by atoms with E-state index in [-0.39, 0.29) is 17.4 Å². The third kappa shape index (κ3) is 6.06. The molecule has 0 fully saturated rings. The standard InChI is InChI=1S/C20H27N3O3S/c1-14-13-15(22-19(26)20(2,3)4)27-17(14)18(25)21-10-6-8-12-23-11-7-5-9-16(23)24/h5,7,9,11,13H,6,8,10,12H2,1-4H3,(H,21,25)(H,22,26). The lowest BCUT2D eigenvalue weighted by molar-refractivity contribution is -0.123. The van der Waals surface area contributed by atoms with E-state index in [9.17, 15) is 14.4 Å². The van der Waals surface area contributed by atoms with Crippen LogP contribution in [0.15, 0.2) is 35.3 Å². The minimum atomic E-state index is -0.485. The maximum atomic E-state index is 12.4. The molecule has 2 aromatic heterocycles. The summed E-state index contributed by atoms with van der Waals surface area (Å²) < 4.78 is 1.66. The molecule has 7 heteroatoms. The number of nitrogens with one attached hydrogen (secondary N) is 2. The minimum Gasteiger partial charge on any atom is -0.351 e. The van der Waals surface area contributed by atoms with Crippen LogP contribution in [0.5, 0.6) is 0 Å². The van der Waals surface area contributed by atoms with Crippen molar-refractivity contribution in [2.24, 2.45) is 5.41 Å². The van der Waals surface area contributed by atoms with E-state index >= 15 is 0 Å². The molecule has 0 aliphatic heterocycles. The molecule has 2 amide bonds. The molecule has 2 heterocycles. The predicted octanol–water partition coefficient (Wildman–Crippen LogP) is 3.41. The Morgan fingerprint density at radius 2 is 1.93 bits per heavy atom. The van der Waals surface area contributed by atoms with Crippen LogP contribution in [0.25, 0.3) is 0 Å². The number of anilines is 1. The molecule has 2 N–H and O–H groups in total. The van der Waals surface area contributed by atoms with Crippen LogP contribution >= 0.6 is 11.3 Å². The Bertz CT molecular complexity index is 862. The van der Waals surface area contributed by atoms with Gasteiger partial charge in [0.1, 0.15) is 0 Å². The molecule has 0 aliphatic carbocycles. The van der Waals surface area contributed by atoms with Crippen molar-refractivity contribution in [2.75, 3.05) is 11.9 Å². The van der Waals surface area contributed by atoms with Crippen LogP contribution < -0.4 is 16.2 Å². The summed E-state index contributed by atoms with van der Waals surface area (Å²) in [6.45, 7) is 8.58. The van der Waals surface area contributed by atoms with E-state index in [2.05, 4.69) is 10.6 Å². The van der Waals surface area contributed by atoms with Gasteiger partial charge in [-0.25, -0.2) is 0 Å². The summed E-state index contributed by atoms with van der Waals surface area (Å²) >= 11 is 1.29. The molecule has 2 aromatic rings. The highest BCUT2D eigenvalue weighted by Crippen LogP contribution is 2.28. The van der Waals surface area contributed by atoms with Gasteiger partial charge in [0.05, 0.1) is 9.88 Å². The zero-order chi connectivity index (χ0) is 20.0. The Morgan fingerprint density at radius 3 is 2.59 bits per heavy atom. The fourth-order valence-corrected chi connectivity index (χ4v) is 3.39. The van der Waals surface area contributed by atoms with E-state index in [4.69, 9.17) is 0 Å². The normalized spacial score (nSPS) is 11.3. The predicted molar refractivity (Wildman–Crippen MR) is 109 cm³/mol. The average molecular weight is 390 g/mol. The van der Waals surface area contributed by atoms with Gasteiger partial charge >= 0.3 is 0 Å². The van der Waals surface area contributed by atoms with Crippen molar-refractivity contribution in [2.45, 2.75) is 47.1 Å². The van der Waals surface area contributed by atoms with Gasteiger partial charge in [-0.15, -0.1) is 11.3 Å². The highest BCUT2D eigenvalue weighted by atomic mass is 32.1. The number of thiophene rings is 1. The van der Waals surface area contributed by atoms with Gasteiger partial charge in [-0.05, 0) is 37.5 Å². The summed E-state index contributed by atoms with van der Waals surface area (Å²) in [5.41, 5.74) is 0.347. The lowest BCUT2D eigenvalue weighted by Gasteiger charge is -2.16. The number of unbranched alkanes of at least 4 members (excludes halogenated alkanes) is 1. The molecule has 0 spiro atoms. The summed E-state index contributed by atoms with van der Waals surface area (Å²) in [6, 6.07) is 6.92. The van der Waals surface area contributed by atoms with Gasteiger partial charge in [0, 0.05) is 30.8 Å². The lowest BCUT2D eigenvalue weighted by atomic mass is 9.96. The van der Waals surface area contributed by atoms with Gasteiger partial charge in [-0.2, -0.15) is 0 Å². The molecule has 6 nitrogen and oxygen atoms in total. The van der Waals surface area contributed by atoms with Gasteiger partial charge in [-0.1, -0.05) is 26.8 Å². The first-order valence-electron chi connectivity index (χ1n) is 9.04. The van der Waals surface area contributed by atoms with Crippen LogP contribution in [0.4, 0.5) is 5.00 Å². The lowest BCUT2D eigenvalue weighted by Crippen LogP contribution is -2.27. The number of nitrogens with zero attached hydrogens (tertiary/aromatic N) is 1. The number of aryl methyl sites for hydroxylation is 2. The molecule has 0 radical (unpaired) electrons. The Morgan fingerprint density at radius 1 is 1.19 bits per heavy atom. The number of rotatable bonds is 7. The maximum Gasteiger partial charge on any atom is 0.261 e. The smallest absolute Gasteiger partial charge is 0.261 e. The Labute approximate surface area is 163 Å². The maximum absolute atomic E-state index is 12.4. The largest absolute Gasteiger partial charge is 0.351 e. The minimum absolute atomic E-state index is 0.0134. The molecule has 0 aliphatic rings. The second kappa shape index (κ2) is 8.99. The number of aromatic nitrogens is 1. The van der Waals surface area contributed by atoms with Crippen molar-refractivity contribution in [3.05, 3.63) is 51.3 Å².